The van der Waals surface area contributed by atoms with E-state index in [0.29, 0.717) is 5.75 Å². The Labute approximate surface area is 169 Å². The number of aromatic hydroxyl groups is 1. The van der Waals surface area contributed by atoms with Crippen LogP contribution in [-0.4, -0.2) is 47.3 Å². The average molecular weight is 400 g/mol. The fraction of sp³-hybridized carbons (Fsp3) is 0.286. The lowest BCUT2D eigenvalue weighted by Crippen LogP contribution is -2.43. The first-order valence-electron chi connectivity index (χ1n) is 8.95. The maximum absolute atomic E-state index is 12.4. The number of carbonyl (C=O) groups is 2. The highest BCUT2D eigenvalue weighted by atomic mass is 16.6. The van der Waals surface area contributed by atoms with Crippen molar-refractivity contribution in [2.45, 2.75) is 32.1 Å². The van der Waals surface area contributed by atoms with Crippen molar-refractivity contribution in [1.29, 1.82) is 0 Å². The summed E-state index contributed by atoms with van der Waals surface area (Å²) >= 11 is 0. The third-order valence-electron chi connectivity index (χ3n) is 4.04. The van der Waals surface area contributed by atoms with Crippen molar-refractivity contribution < 1.29 is 28.9 Å². The van der Waals surface area contributed by atoms with Gasteiger partial charge in [-0.2, -0.15) is 0 Å². The number of benzene rings is 1. The van der Waals surface area contributed by atoms with E-state index >= 15 is 0 Å². The Bertz CT molecular complexity index is 856. The summed E-state index contributed by atoms with van der Waals surface area (Å²) in [6, 6.07) is 9.51. The summed E-state index contributed by atoms with van der Waals surface area (Å²) in [6.45, 7) is 6.88. The molecule has 0 radical (unpaired) electrons. The molecule has 1 aromatic heterocycles. The number of rotatable bonds is 9. The SMILES string of the molecule is C=C[C@H](OC(=O)[C@H](C)NC(=O)c1nccc(OC)c1O)[C@H](C)Oc1ccccc1. The van der Waals surface area contributed by atoms with Gasteiger partial charge in [-0.25, -0.2) is 9.78 Å². The predicted octanol–water partition coefficient (Wildman–Crippen LogP) is 2.48. The van der Waals surface area contributed by atoms with Crippen LogP contribution in [0.25, 0.3) is 0 Å². The second kappa shape index (κ2) is 10.1. The molecule has 29 heavy (non-hydrogen) atoms. The molecule has 0 aliphatic rings. The van der Waals surface area contributed by atoms with E-state index in [1.807, 2.05) is 18.2 Å². The minimum Gasteiger partial charge on any atom is -0.503 e. The molecule has 0 aliphatic carbocycles. The molecule has 0 saturated carbocycles. The Hall–Kier alpha value is -3.55. The van der Waals surface area contributed by atoms with Gasteiger partial charge in [0.15, 0.2) is 23.3 Å². The van der Waals surface area contributed by atoms with Gasteiger partial charge in [0.05, 0.1) is 7.11 Å². The van der Waals surface area contributed by atoms with Crippen LogP contribution in [0.2, 0.25) is 0 Å². The largest absolute Gasteiger partial charge is 0.503 e. The number of aromatic nitrogens is 1. The number of carbonyl (C=O) groups excluding carboxylic acids is 2. The van der Waals surface area contributed by atoms with E-state index in [-0.39, 0.29) is 11.4 Å². The first kappa shape index (κ1) is 21.7. The van der Waals surface area contributed by atoms with Gasteiger partial charge in [-0.3, -0.25) is 4.79 Å². The number of amides is 1. The number of ether oxygens (including phenoxy) is 3. The molecule has 0 unspecified atom stereocenters. The van der Waals surface area contributed by atoms with Crippen molar-refractivity contribution in [2.75, 3.05) is 7.11 Å². The van der Waals surface area contributed by atoms with Crippen LogP contribution in [0.5, 0.6) is 17.2 Å². The molecule has 1 aromatic carbocycles. The second-order valence-corrected chi connectivity index (χ2v) is 6.18. The minimum absolute atomic E-state index is 0.0963. The average Bonchev–Trinajstić information content (AvgIpc) is 2.72. The van der Waals surface area contributed by atoms with Crippen LogP contribution in [0.4, 0.5) is 0 Å². The molecular weight excluding hydrogens is 376 g/mol. The van der Waals surface area contributed by atoms with Gasteiger partial charge < -0.3 is 24.6 Å². The molecule has 0 bridgehead atoms. The van der Waals surface area contributed by atoms with Gasteiger partial charge in [-0.1, -0.05) is 24.8 Å². The minimum atomic E-state index is -0.999. The molecule has 3 atom stereocenters. The Kier molecular flexibility index (Phi) is 7.59. The summed E-state index contributed by atoms with van der Waals surface area (Å²) in [6.07, 6.45) is 1.54. The quantitative estimate of drug-likeness (QED) is 0.492. The lowest BCUT2D eigenvalue weighted by atomic mass is 10.2. The van der Waals surface area contributed by atoms with Crippen molar-refractivity contribution in [3.63, 3.8) is 0 Å². The number of nitrogens with one attached hydrogen (secondary N) is 1. The molecule has 8 nitrogen and oxygen atoms in total. The third-order valence-corrected chi connectivity index (χ3v) is 4.04. The molecular formula is C21H24N2O6. The molecule has 2 N–H and O–H groups in total. The van der Waals surface area contributed by atoms with E-state index in [9.17, 15) is 14.7 Å². The fourth-order valence-electron chi connectivity index (χ4n) is 2.44. The summed E-state index contributed by atoms with van der Waals surface area (Å²) in [5.74, 6) is -1.12. The van der Waals surface area contributed by atoms with Crippen molar-refractivity contribution in [3.05, 3.63) is 60.9 Å². The highest BCUT2D eigenvalue weighted by Crippen LogP contribution is 2.27. The lowest BCUT2D eigenvalue weighted by Gasteiger charge is -2.24. The van der Waals surface area contributed by atoms with E-state index in [0.717, 1.165) is 0 Å². The zero-order valence-electron chi connectivity index (χ0n) is 16.5. The van der Waals surface area contributed by atoms with Crippen LogP contribution in [0.15, 0.2) is 55.3 Å². The molecule has 0 saturated heterocycles. The van der Waals surface area contributed by atoms with Gasteiger partial charge in [0, 0.05) is 12.3 Å². The number of hydrogen-bond acceptors (Lipinski definition) is 7. The summed E-state index contributed by atoms with van der Waals surface area (Å²) in [5, 5.41) is 12.5. The second-order valence-electron chi connectivity index (χ2n) is 6.18. The lowest BCUT2D eigenvalue weighted by molar-refractivity contribution is -0.152. The van der Waals surface area contributed by atoms with Crippen LogP contribution in [0.1, 0.15) is 24.3 Å². The van der Waals surface area contributed by atoms with Gasteiger partial charge in [0.25, 0.3) is 5.91 Å². The van der Waals surface area contributed by atoms with Gasteiger partial charge in [-0.15, -0.1) is 0 Å². The Morgan fingerprint density at radius 1 is 1.21 bits per heavy atom. The number of para-hydroxylation sites is 1. The molecule has 154 valence electrons. The topological polar surface area (TPSA) is 107 Å². The monoisotopic (exact) mass is 400 g/mol. The van der Waals surface area contributed by atoms with E-state index in [4.69, 9.17) is 14.2 Å². The number of methoxy groups -OCH3 is 1. The maximum atomic E-state index is 12.4. The highest BCUT2D eigenvalue weighted by molar-refractivity contribution is 5.97. The van der Waals surface area contributed by atoms with Gasteiger partial charge in [0.1, 0.15) is 17.9 Å². The summed E-state index contributed by atoms with van der Waals surface area (Å²) in [4.78, 5) is 28.6. The van der Waals surface area contributed by atoms with Crippen LogP contribution in [-0.2, 0) is 9.53 Å². The molecule has 0 spiro atoms. The van der Waals surface area contributed by atoms with Crippen LogP contribution in [0.3, 0.4) is 0 Å². The summed E-state index contributed by atoms with van der Waals surface area (Å²) in [7, 11) is 1.35. The fourth-order valence-corrected chi connectivity index (χ4v) is 2.44. The Balaban J connectivity index is 1.98. The smallest absolute Gasteiger partial charge is 0.329 e. The van der Waals surface area contributed by atoms with Gasteiger partial charge >= 0.3 is 5.97 Å². The molecule has 2 rings (SSSR count). The molecule has 2 aromatic rings. The Morgan fingerprint density at radius 3 is 2.52 bits per heavy atom. The van der Waals surface area contributed by atoms with Crippen molar-refractivity contribution in [1.82, 2.24) is 10.3 Å². The zero-order chi connectivity index (χ0) is 21.4. The highest BCUT2D eigenvalue weighted by Gasteiger charge is 2.26. The molecule has 1 amide bonds. The summed E-state index contributed by atoms with van der Waals surface area (Å²) < 4.78 is 16.1. The van der Waals surface area contributed by atoms with Crippen LogP contribution in [0, 0.1) is 0 Å². The molecule has 1 heterocycles. The summed E-state index contributed by atoms with van der Waals surface area (Å²) in [5.41, 5.74) is -0.259. The maximum Gasteiger partial charge on any atom is 0.329 e. The van der Waals surface area contributed by atoms with Crippen LogP contribution >= 0.6 is 0 Å². The van der Waals surface area contributed by atoms with Crippen molar-refractivity contribution >= 4 is 11.9 Å². The standard InChI is InChI=1S/C21H24N2O6/c1-5-16(14(3)28-15-9-7-6-8-10-15)29-21(26)13(2)23-20(25)18-19(24)17(27-4)11-12-22-18/h5-14,16,24H,1H2,2-4H3,(H,23,25)/t13-,14-,16-/m0/s1. The molecule has 8 heteroatoms. The van der Waals surface area contributed by atoms with E-state index in [1.165, 1.54) is 32.4 Å². The van der Waals surface area contributed by atoms with Crippen molar-refractivity contribution in [2.24, 2.45) is 0 Å². The predicted molar refractivity (Wildman–Crippen MR) is 106 cm³/mol. The normalized spacial score (nSPS) is 13.5. The van der Waals surface area contributed by atoms with Crippen LogP contribution < -0.4 is 14.8 Å². The van der Waals surface area contributed by atoms with Gasteiger partial charge in [0.2, 0.25) is 0 Å². The zero-order valence-corrected chi connectivity index (χ0v) is 16.5. The number of pyridine rings is 1. The van der Waals surface area contributed by atoms with Gasteiger partial charge in [-0.05, 0) is 32.1 Å². The third kappa shape index (κ3) is 5.71. The van der Waals surface area contributed by atoms with E-state index in [1.54, 1.807) is 19.1 Å². The Morgan fingerprint density at radius 2 is 1.90 bits per heavy atom. The molecule has 0 fully saturated rings. The first-order valence-corrected chi connectivity index (χ1v) is 8.95. The van der Waals surface area contributed by atoms with E-state index < -0.39 is 35.9 Å². The van der Waals surface area contributed by atoms with E-state index in [2.05, 4.69) is 16.9 Å². The molecule has 0 aliphatic heterocycles. The van der Waals surface area contributed by atoms with Crippen molar-refractivity contribution in [3.8, 4) is 17.2 Å². The first-order chi connectivity index (χ1) is 13.9. The number of esters is 1. The number of hydrogen-bond donors (Lipinski definition) is 2. The number of nitrogens with zero attached hydrogens (tertiary/aromatic N) is 1.